The highest BCUT2D eigenvalue weighted by molar-refractivity contribution is 7.10. The summed E-state index contributed by atoms with van der Waals surface area (Å²) >= 11 is 1.86. The minimum atomic E-state index is 0.545. The highest BCUT2D eigenvalue weighted by Crippen LogP contribution is 2.42. The van der Waals surface area contributed by atoms with Crippen LogP contribution in [0.3, 0.4) is 0 Å². The van der Waals surface area contributed by atoms with E-state index < -0.39 is 0 Å². The van der Waals surface area contributed by atoms with Gasteiger partial charge in [0, 0.05) is 29.9 Å². The van der Waals surface area contributed by atoms with Crippen LogP contribution in [0.4, 0.5) is 0 Å². The molecule has 0 amide bonds. The second kappa shape index (κ2) is 4.98. The summed E-state index contributed by atoms with van der Waals surface area (Å²) in [5, 5.41) is 5.85. The molecule has 1 fully saturated rings. The van der Waals surface area contributed by atoms with Gasteiger partial charge in [0.2, 0.25) is 0 Å². The molecule has 1 saturated carbocycles. The van der Waals surface area contributed by atoms with Gasteiger partial charge in [-0.3, -0.25) is 4.98 Å². The van der Waals surface area contributed by atoms with E-state index in [4.69, 9.17) is 0 Å². The van der Waals surface area contributed by atoms with Gasteiger partial charge in [-0.15, -0.1) is 11.3 Å². The molecule has 0 radical (unpaired) electrons. The standard InChI is InChI=1S/C14H16N2S/c1-2-13(17-9-1)14(12-3-4-12)16-10-11-5-7-15-8-6-11/h1-2,5-9,12,14,16H,3-4,10H2. The molecular weight excluding hydrogens is 228 g/mol. The van der Waals surface area contributed by atoms with Gasteiger partial charge in [0.1, 0.15) is 0 Å². The summed E-state index contributed by atoms with van der Waals surface area (Å²) in [5.41, 5.74) is 1.31. The SMILES string of the molecule is c1csc(C(NCc2ccncc2)C2CC2)c1. The van der Waals surface area contributed by atoms with E-state index in [9.17, 15) is 0 Å². The smallest absolute Gasteiger partial charge is 0.0446 e. The van der Waals surface area contributed by atoms with Crippen LogP contribution in [-0.4, -0.2) is 4.98 Å². The van der Waals surface area contributed by atoms with Gasteiger partial charge in [0.15, 0.2) is 0 Å². The first-order chi connectivity index (χ1) is 8.43. The van der Waals surface area contributed by atoms with Crippen LogP contribution in [0.15, 0.2) is 42.0 Å². The van der Waals surface area contributed by atoms with Crippen molar-refractivity contribution in [3.63, 3.8) is 0 Å². The molecule has 1 aliphatic carbocycles. The Labute approximate surface area is 106 Å². The van der Waals surface area contributed by atoms with Gasteiger partial charge < -0.3 is 5.32 Å². The van der Waals surface area contributed by atoms with Gasteiger partial charge in [0.25, 0.3) is 0 Å². The Balaban J connectivity index is 1.66. The lowest BCUT2D eigenvalue weighted by Crippen LogP contribution is -2.21. The van der Waals surface area contributed by atoms with E-state index in [2.05, 4.69) is 39.9 Å². The number of thiophene rings is 1. The van der Waals surface area contributed by atoms with Gasteiger partial charge in [-0.2, -0.15) is 0 Å². The summed E-state index contributed by atoms with van der Waals surface area (Å²) in [6.07, 6.45) is 6.44. The normalized spacial score (nSPS) is 16.9. The van der Waals surface area contributed by atoms with Crippen LogP contribution < -0.4 is 5.32 Å². The Bertz CT molecular complexity index is 448. The lowest BCUT2D eigenvalue weighted by Gasteiger charge is -2.16. The molecule has 2 aromatic rings. The largest absolute Gasteiger partial charge is 0.305 e. The molecule has 0 bridgehead atoms. The molecule has 0 saturated heterocycles. The third kappa shape index (κ3) is 2.73. The van der Waals surface area contributed by atoms with Crippen LogP contribution in [0.1, 0.15) is 29.3 Å². The highest BCUT2D eigenvalue weighted by atomic mass is 32.1. The van der Waals surface area contributed by atoms with E-state index in [0.717, 1.165) is 12.5 Å². The fourth-order valence-electron chi connectivity index (χ4n) is 2.13. The quantitative estimate of drug-likeness (QED) is 0.872. The predicted octanol–water partition coefficient (Wildman–Crippen LogP) is 3.38. The molecule has 1 N–H and O–H groups in total. The number of hydrogen-bond donors (Lipinski definition) is 1. The first-order valence-corrected chi connectivity index (χ1v) is 6.97. The molecule has 1 unspecified atom stereocenters. The summed E-state index contributed by atoms with van der Waals surface area (Å²) < 4.78 is 0. The predicted molar refractivity (Wildman–Crippen MR) is 70.9 cm³/mol. The fraction of sp³-hybridized carbons (Fsp3) is 0.357. The van der Waals surface area contributed by atoms with Crippen molar-refractivity contribution in [3.05, 3.63) is 52.5 Å². The molecule has 2 nitrogen and oxygen atoms in total. The third-order valence-electron chi connectivity index (χ3n) is 3.22. The molecule has 17 heavy (non-hydrogen) atoms. The molecule has 0 spiro atoms. The molecule has 0 aromatic carbocycles. The van der Waals surface area contributed by atoms with Crippen molar-refractivity contribution in [2.24, 2.45) is 5.92 Å². The van der Waals surface area contributed by atoms with E-state index in [1.807, 2.05) is 23.7 Å². The van der Waals surface area contributed by atoms with Gasteiger partial charge >= 0.3 is 0 Å². The van der Waals surface area contributed by atoms with Crippen LogP contribution in [0.25, 0.3) is 0 Å². The molecule has 1 aliphatic rings. The van der Waals surface area contributed by atoms with E-state index in [1.165, 1.54) is 23.3 Å². The minimum absolute atomic E-state index is 0.545. The summed E-state index contributed by atoms with van der Waals surface area (Å²) in [6.45, 7) is 0.932. The van der Waals surface area contributed by atoms with Crippen molar-refractivity contribution in [3.8, 4) is 0 Å². The average Bonchev–Trinajstić information content (AvgIpc) is 3.06. The summed E-state index contributed by atoms with van der Waals surface area (Å²) in [7, 11) is 0. The van der Waals surface area contributed by atoms with Gasteiger partial charge in [-0.05, 0) is 47.9 Å². The van der Waals surface area contributed by atoms with Crippen LogP contribution in [-0.2, 0) is 6.54 Å². The third-order valence-corrected chi connectivity index (χ3v) is 4.17. The average molecular weight is 244 g/mol. The molecule has 3 rings (SSSR count). The van der Waals surface area contributed by atoms with Crippen molar-refractivity contribution in [2.45, 2.75) is 25.4 Å². The molecule has 0 aliphatic heterocycles. The number of hydrogen-bond acceptors (Lipinski definition) is 3. The van der Waals surface area contributed by atoms with Crippen molar-refractivity contribution in [1.29, 1.82) is 0 Å². The fourth-order valence-corrected chi connectivity index (χ4v) is 3.02. The Hall–Kier alpha value is -1.19. The second-order valence-electron chi connectivity index (χ2n) is 4.57. The molecule has 88 valence electrons. The highest BCUT2D eigenvalue weighted by Gasteiger charge is 2.32. The van der Waals surface area contributed by atoms with Crippen LogP contribution in [0.2, 0.25) is 0 Å². The maximum atomic E-state index is 4.04. The number of pyridine rings is 1. The Morgan fingerprint density at radius 3 is 2.76 bits per heavy atom. The van der Waals surface area contributed by atoms with Crippen molar-refractivity contribution in [2.75, 3.05) is 0 Å². The van der Waals surface area contributed by atoms with E-state index in [-0.39, 0.29) is 0 Å². The lowest BCUT2D eigenvalue weighted by atomic mass is 10.1. The molecule has 2 heterocycles. The zero-order chi connectivity index (χ0) is 11.5. The molecular formula is C14H16N2S. The summed E-state index contributed by atoms with van der Waals surface area (Å²) in [5.74, 6) is 0.843. The summed E-state index contributed by atoms with van der Waals surface area (Å²) in [6, 6.07) is 9.08. The zero-order valence-corrected chi connectivity index (χ0v) is 10.5. The monoisotopic (exact) mass is 244 g/mol. The van der Waals surface area contributed by atoms with E-state index in [1.54, 1.807) is 0 Å². The number of rotatable bonds is 5. The van der Waals surface area contributed by atoms with Gasteiger partial charge in [-0.25, -0.2) is 0 Å². The number of aromatic nitrogens is 1. The first kappa shape index (κ1) is 10.9. The molecule has 1 atom stereocenters. The zero-order valence-electron chi connectivity index (χ0n) is 9.67. The maximum absolute atomic E-state index is 4.04. The minimum Gasteiger partial charge on any atom is -0.305 e. The van der Waals surface area contributed by atoms with Crippen LogP contribution in [0, 0.1) is 5.92 Å². The van der Waals surface area contributed by atoms with Crippen LogP contribution >= 0.6 is 11.3 Å². The molecule has 3 heteroatoms. The first-order valence-electron chi connectivity index (χ1n) is 6.09. The molecule has 2 aromatic heterocycles. The van der Waals surface area contributed by atoms with E-state index in [0.29, 0.717) is 6.04 Å². The van der Waals surface area contributed by atoms with Crippen LogP contribution in [0.5, 0.6) is 0 Å². The Morgan fingerprint density at radius 2 is 2.12 bits per heavy atom. The second-order valence-corrected chi connectivity index (χ2v) is 5.55. The van der Waals surface area contributed by atoms with Crippen molar-refractivity contribution >= 4 is 11.3 Å². The van der Waals surface area contributed by atoms with Gasteiger partial charge in [-0.1, -0.05) is 6.07 Å². The number of nitrogens with one attached hydrogen (secondary N) is 1. The maximum Gasteiger partial charge on any atom is 0.0446 e. The Kier molecular flexibility index (Phi) is 3.20. The van der Waals surface area contributed by atoms with Crippen molar-refractivity contribution < 1.29 is 0 Å². The number of nitrogens with zero attached hydrogens (tertiary/aromatic N) is 1. The Morgan fingerprint density at radius 1 is 1.29 bits per heavy atom. The van der Waals surface area contributed by atoms with Crippen molar-refractivity contribution in [1.82, 2.24) is 10.3 Å². The topological polar surface area (TPSA) is 24.9 Å². The van der Waals surface area contributed by atoms with Gasteiger partial charge in [0.05, 0.1) is 0 Å². The van der Waals surface area contributed by atoms with E-state index >= 15 is 0 Å². The summed E-state index contributed by atoms with van der Waals surface area (Å²) in [4.78, 5) is 5.52. The lowest BCUT2D eigenvalue weighted by molar-refractivity contribution is 0.487.